The van der Waals surface area contributed by atoms with Crippen LogP contribution in [0, 0.1) is 0 Å². The van der Waals surface area contributed by atoms with Crippen molar-refractivity contribution in [3.8, 4) is 55.8 Å². The van der Waals surface area contributed by atoms with Crippen molar-refractivity contribution in [2.24, 2.45) is 0 Å². The molecule has 0 N–H and O–H groups in total. The first-order chi connectivity index (χ1) is 27.2. The van der Waals surface area contributed by atoms with Gasteiger partial charge in [-0.05, 0) is 74.0 Å². The fraction of sp³-hybridized carbons (Fsp3) is 0. The van der Waals surface area contributed by atoms with Crippen LogP contribution in [0.15, 0.2) is 199 Å². The Morgan fingerprint density at radius 1 is 0.327 bits per heavy atom. The van der Waals surface area contributed by atoms with Crippen molar-refractivity contribution in [1.29, 1.82) is 0 Å². The van der Waals surface area contributed by atoms with E-state index in [2.05, 4.69) is 176 Å². The number of hydrogen-bond donors (Lipinski definition) is 0. The highest BCUT2D eigenvalue weighted by Crippen LogP contribution is 2.38. The van der Waals surface area contributed by atoms with Gasteiger partial charge < -0.3 is 4.42 Å². The zero-order chi connectivity index (χ0) is 36.3. The quantitative estimate of drug-likeness (QED) is 0.168. The Kier molecular flexibility index (Phi) is 7.17. The standard InChI is InChI=1S/C52H32N2O/c1-3-20-45-42(17-1)43-18-2-4-21-46(43)51-50(45)53-32-48(54-51)34-27-25-33(26-28-34)35-11-7-12-36(29-35)37-13-8-14-38(30-37)39-15-9-16-40(31-39)41-22-10-23-47-44-19-5-6-24-49(44)55-52(41)47/h1-32H. The molecule has 0 atom stereocenters. The lowest BCUT2D eigenvalue weighted by molar-refractivity contribution is 0.670. The van der Waals surface area contributed by atoms with E-state index in [0.717, 1.165) is 82.8 Å². The summed E-state index contributed by atoms with van der Waals surface area (Å²) in [7, 11) is 0. The van der Waals surface area contributed by atoms with E-state index in [9.17, 15) is 0 Å². The number of furan rings is 1. The molecule has 0 radical (unpaired) electrons. The van der Waals surface area contributed by atoms with Gasteiger partial charge in [-0.15, -0.1) is 0 Å². The predicted molar refractivity (Wildman–Crippen MR) is 229 cm³/mol. The van der Waals surface area contributed by atoms with Crippen molar-refractivity contribution < 1.29 is 4.42 Å². The SMILES string of the molecule is c1cc(-c2ccc(-c3cnc4c5ccccc5c5ccccc5c4n3)cc2)cc(-c2cccc(-c3cccc(-c4cccc5c4oc4ccccc45)c3)c2)c1. The van der Waals surface area contributed by atoms with Gasteiger partial charge in [0.2, 0.25) is 0 Å². The molecule has 0 amide bonds. The van der Waals surface area contributed by atoms with Gasteiger partial charge in [-0.1, -0.05) is 164 Å². The van der Waals surface area contributed by atoms with E-state index < -0.39 is 0 Å². The van der Waals surface area contributed by atoms with E-state index in [1.807, 2.05) is 18.3 Å². The minimum Gasteiger partial charge on any atom is -0.455 e. The summed E-state index contributed by atoms with van der Waals surface area (Å²) >= 11 is 0. The molecule has 256 valence electrons. The molecule has 0 spiro atoms. The van der Waals surface area contributed by atoms with Crippen LogP contribution in [-0.4, -0.2) is 9.97 Å². The molecule has 11 rings (SSSR count). The van der Waals surface area contributed by atoms with Gasteiger partial charge in [-0.2, -0.15) is 0 Å². The third-order valence-corrected chi connectivity index (χ3v) is 10.9. The molecule has 0 saturated carbocycles. The molecule has 0 fully saturated rings. The first-order valence-electron chi connectivity index (χ1n) is 18.6. The fourth-order valence-electron chi connectivity index (χ4n) is 8.19. The van der Waals surface area contributed by atoms with Crippen LogP contribution in [0.3, 0.4) is 0 Å². The Bertz CT molecular complexity index is 3230. The number of hydrogen-bond acceptors (Lipinski definition) is 3. The summed E-state index contributed by atoms with van der Waals surface area (Å²) in [6.07, 6.45) is 1.90. The van der Waals surface area contributed by atoms with Crippen molar-refractivity contribution in [3.05, 3.63) is 194 Å². The number of aromatic nitrogens is 2. The van der Waals surface area contributed by atoms with E-state index in [1.54, 1.807) is 0 Å². The Hall–Kier alpha value is -7.36. The lowest BCUT2D eigenvalue weighted by Crippen LogP contribution is -1.92. The zero-order valence-corrected chi connectivity index (χ0v) is 29.8. The summed E-state index contributed by atoms with van der Waals surface area (Å²) in [6, 6.07) is 66.6. The van der Waals surface area contributed by atoms with E-state index in [4.69, 9.17) is 14.4 Å². The smallest absolute Gasteiger partial charge is 0.143 e. The van der Waals surface area contributed by atoms with E-state index >= 15 is 0 Å². The molecule has 0 unspecified atom stereocenters. The normalized spacial score (nSPS) is 11.6. The molecule has 11 aromatic rings. The van der Waals surface area contributed by atoms with Crippen LogP contribution in [-0.2, 0) is 0 Å². The van der Waals surface area contributed by atoms with Gasteiger partial charge in [-0.3, -0.25) is 4.98 Å². The maximum atomic E-state index is 6.37. The molecule has 0 saturated heterocycles. The second kappa shape index (κ2) is 12.6. The van der Waals surface area contributed by atoms with Crippen LogP contribution in [0.1, 0.15) is 0 Å². The third kappa shape index (κ3) is 5.28. The van der Waals surface area contributed by atoms with Crippen LogP contribution in [0.25, 0.3) is 110 Å². The Morgan fingerprint density at radius 3 is 1.45 bits per heavy atom. The van der Waals surface area contributed by atoms with Gasteiger partial charge >= 0.3 is 0 Å². The molecule has 9 aromatic carbocycles. The topological polar surface area (TPSA) is 38.9 Å². The highest BCUT2D eigenvalue weighted by Gasteiger charge is 2.14. The van der Waals surface area contributed by atoms with Crippen LogP contribution in [0.4, 0.5) is 0 Å². The van der Waals surface area contributed by atoms with Gasteiger partial charge in [-0.25, -0.2) is 4.98 Å². The lowest BCUT2D eigenvalue weighted by Gasteiger charge is -2.11. The largest absolute Gasteiger partial charge is 0.455 e. The number of nitrogens with zero attached hydrogens (tertiary/aromatic N) is 2. The van der Waals surface area contributed by atoms with Crippen LogP contribution >= 0.6 is 0 Å². The molecule has 3 nitrogen and oxygen atoms in total. The van der Waals surface area contributed by atoms with E-state index in [-0.39, 0.29) is 0 Å². The Labute approximate surface area is 317 Å². The van der Waals surface area contributed by atoms with Crippen molar-refractivity contribution in [3.63, 3.8) is 0 Å². The average molecular weight is 701 g/mol. The summed E-state index contributed by atoms with van der Waals surface area (Å²) in [5.74, 6) is 0. The monoisotopic (exact) mass is 700 g/mol. The van der Waals surface area contributed by atoms with Crippen molar-refractivity contribution in [2.45, 2.75) is 0 Å². The third-order valence-electron chi connectivity index (χ3n) is 10.9. The number of rotatable bonds is 5. The fourth-order valence-corrected chi connectivity index (χ4v) is 8.19. The number of para-hydroxylation sites is 2. The van der Waals surface area contributed by atoms with Crippen molar-refractivity contribution >= 4 is 54.5 Å². The first-order valence-corrected chi connectivity index (χ1v) is 18.6. The van der Waals surface area contributed by atoms with E-state index in [0.29, 0.717) is 0 Å². The second-order valence-corrected chi connectivity index (χ2v) is 14.1. The summed E-state index contributed by atoms with van der Waals surface area (Å²) < 4.78 is 6.37. The maximum Gasteiger partial charge on any atom is 0.143 e. The van der Waals surface area contributed by atoms with Crippen LogP contribution in [0.2, 0.25) is 0 Å². The van der Waals surface area contributed by atoms with Gasteiger partial charge in [0.1, 0.15) is 11.2 Å². The van der Waals surface area contributed by atoms with Gasteiger partial charge in [0.05, 0.1) is 22.9 Å². The van der Waals surface area contributed by atoms with Gasteiger partial charge in [0.15, 0.2) is 0 Å². The molecule has 2 aromatic heterocycles. The summed E-state index contributed by atoms with van der Waals surface area (Å²) in [6.45, 7) is 0. The molecular weight excluding hydrogens is 669 g/mol. The second-order valence-electron chi connectivity index (χ2n) is 14.1. The summed E-state index contributed by atoms with van der Waals surface area (Å²) in [5, 5.41) is 6.93. The number of benzene rings is 9. The first kappa shape index (κ1) is 31.2. The Morgan fingerprint density at radius 2 is 0.800 bits per heavy atom. The van der Waals surface area contributed by atoms with Crippen molar-refractivity contribution in [1.82, 2.24) is 9.97 Å². The van der Waals surface area contributed by atoms with Crippen molar-refractivity contribution in [2.75, 3.05) is 0 Å². The van der Waals surface area contributed by atoms with Gasteiger partial charge in [0, 0.05) is 32.7 Å². The Balaban J connectivity index is 0.904. The van der Waals surface area contributed by atoms with Crippen LogP contribution < -0.4 is 0 Å². The van der Waals surface area contributed by atoms with E-state index in [1.165, 1.54) is 27.5 Å². The molecular formula is C52H32N2O. The minimum absolute atomic E-state index is 0.864. The zero-order valence-electron chi connectivity index (χ0n) is 29.8. The van der Waals surface area contributed by atoms with Gasteiger partial charge in [0.25, 0.3) is 0 Å². The average Bonchev–Trinajstić information content (AvgIpc) is 3.66. The highest BCUT2D eigenvalue weighted by molar-refractivity contribution is 6.23. The minimum atomic E-state index is 0.864. The summed E-state index contributed by atoms with van der Waals surface area (Å²) in [4.78, 5) is 10.2. The molecule has 0 bridgehead atoms. The highest BCUT2D eigenvalue weighted by atomic mass is 16.3. The molecule has 0 aliphatic rings. The lowest BCUT2D eigenvalue weighted by atomic mass is 9.94. The maximum absolute atomic E-state index is 6.37. The number of fused-ring (bicyclic) bond motifs is 9. The van der Waals surface area contributed by atoms with Crippen LogP contribution in [0.5, 0.6) is 0 Å². The molecule has 0 aliphatic carbocycles. The molecule has 3 heteroatoms. The predicted octanol–water partition coefficient (Wildman–Crippen LogP) is 14.2. The molecule has 55 heavy (non-hydrogen) atoms. The molecule has 0 aliphatic heterocycles. The summed E-state index contributed by atoms with van der Waals surface area (Å²) in [5.41, 5.74) is 14.8. The molecule has 2 heterocycles.